The minimum atomic E-state index is -0.230. The zero-order valence-corrected chi connectivity index (χ0v) is 33.6. The molecule has 15 nitrogen and oxygen atoms in total. The summed E-state index contributed by atoms with van der Waals surface area (Å²) in [7, 11) is 0. The van der Waals surface area contributed by atoms with Gasteiger partial charge in [0, 0.05) is 52.0 Å². The molecule has 0 spiro atoms. The molecular weight excluding hydrogens is 740 g/mol. The Morgan fingerprint density at radius 1 is 0.418 bits per heavy atom. The number of hydrogen-bond donors (Lipinski definition) is 3. The molecule has 0 aliphatic heterocycles. The van der Waals surface area contributed by atoms with E-state index in [1.807, 2.05) is 153 Å². The average Bonchev–Trinajstić information content (AvgIpc) is 3.91. The molecule has 0 unspecified atom stereocenters. The van der Waals surface area contributed by atoms with E-state index in [0.29, 0.717) is 17.5 Å². The summed E-state index contributed by atoms with van der Waals surface area (Å²) in [4.78, 5) is 0. The Hall–Kier alpha value is -5.99. The van der Waals surface area contributed by atoms with E-state index < -0.39 is 0 Å². The molecule has 55 heavy (non-hydrogen) atoms. The van der Waals surface area contributed by atoms with Gasteiger partial charge in [-0.25, -0.2) is 14.0 Å². The van der Waals surface area contributed by atoms with Crippen molar-refractivity contribution >= 4 is 35.5 Å². The Morgan fingerprint density at radius 3 is 0.836 bits per heavy atom. The van der Waals surface area contributed by atoms with Gasteiger partial charge in [0.15, 0.2) is 17.5 Å². The first-order valence-electron chi connectivity index (χ1n) is 17.2. The minimum absolute atomic E-state index is 0. The van der Waals surface area contributed by atoms with Crippen LogP contribution in [-0.4, -0.2) is 75.9 Å². The predicted molar refractivity (Wildman–Crippen MR) is 209 cm³/mol. The molecule has 0 radical (unpaired) electrons. The van der Waals surface area contributed by atoms with Gasteiger partial charge in [0.1, 0.15) is 17.3 Å². The quantitative estimate of drug-likeness (QED) is 0.112. The standard InChI is InChI=1S/3C13H16N4O.Fe/c3*1-13(2,3)17-12(14-15-16-17)9-11(18)10-7-5-4-6-8-10;/h3*4-9,18H,1-3H3;/b3*11-9-;. The number of aliphatic hydroxyl groups is 3. The Bertz CT molecular complexity index is 1910. The van der Waals surface area contributed by atoms with Crippen molar-refractivity contribution in [1.29, 1.82) is 0 Å². The van der Waals surface area contributed by atoms with Gasteiger partial charge in [-0.2, -0.15) is 0 Å². The second kappa shape index (κ2) is 18.9. The maximum absolute atomic E-state index is 10.0. The molecule has 6 rings (SSSR count). The molecule has 0 amide bonds. The van der Waals surface area contributed by atoms with Crippen LogP contribution in [0.1, 0.15) is 96.5 Å². The molecule has 3 aromatic heterocycles. The van der Waals surface area contributed by atoms with Crippen LogP contribution >= 0.6 is 0 Å². The third-order valence-corrected chi connectivity index (χ3v) is 7.39. The van der Waals surface area contributed by atoms with Gasteiger partial charge in [0.25, 0.3) is 0 Å². The van der Waals surface area contributed by atoms with Crippen LogP contribution in [0.2, 0.25) is 0 Å². The summed E-state index contributed by atoms with van der Waals surface area (Å²) in [6.07, 6.45) is 4.71. The van der Waals surface area contributed by atoms with E-state index in [-0.39, 0.29) is 51.0 Å². The molecule has 0 saturated carbocycles. The van der Waals surface area contributed by atoms with Crippen molar-refractivity contribution in [3.63, 3.8) is 0 Å². The van der Waals surface area contributed by atoms with Crippen molar-refractivity contribution in [2.45, 2.75) is 78.9 Å². The summed E-state index contributed by atoms with van der Waals surface area (Å²) in [6, 6.07) is 27.9. The molecule has 0 aliphatic rings. The molecular formula is C39H48FeN12O3. The zero-order chi connectivity index (χ0) is 39.5. The largest absolute Gasteiger partial charge is 0.507 e. The van der Waals surface area contributed by atoms with Crippen LogP contribution in [0.4, 0.5) is 0 Å². The monoisotopic (exact) mass is 788 g/mol. The average molecular weight is 789 g/mol. The van der Waals surface area contributed by atoms with Crippen molar-refractivity contribution in [3.05, 3.63) is 125 Å². The molecule has 3 heterocycles. The summed E-state index contributed by atoms with van der Waals surface area (Å²) < 4.78 is 5.02. The van der Waals surface area contributed by atoms with Crippen molar-refractivity contribution < 1.29 is 32.4 Å². The Labute approximate surface area is 331 Å². The summed E-state index contributed by atoms with van der Waals surface area (Å²) in [6.45, 7) is 18.0. The molecule has 0 saturated heterocycles. The fourth-order valence-corrected chi connectivity index (χ4v) is 4.73. The molecule has 0 bridgehead atoms. The van der Waals surface area contributed by atoms with E-state index in [1.165, 1.54) is 0 Å². The summed E-state index contributed by atoms with van der Waals surface area (Å²) in [5, 5.41) is 64.6. The van der Waals surface area contributed by atoms with E-state index >= 15 is 0 Å². The first kappa shape index (κ1) is 43.4. The topological polar surface area (TPSA) is 191 Å². The molecule has 0 atom stereocenters. The van der Waals surface area contributed by atoms with Crippen molar-refractivity contribution in [3.8, 4) is 0 Å². The van der Waals surface area contributed by atoms with E-state index in [9.17, 15) is 15.3 Å². The number of aliphatic hydroxyl groups excluding tert-OH is 3. The normalized spacial score (nSPS) is 12.5. The van der Waals surface area contributed by atoms with Crippen molar-refractivity contribution in [2.24, 2.45) is 0 Å². The SMILES string of the molecule is CC(C)(C)n1nnnc1/C=C(\O)c1ccccc1.CC(C)(C)n1nnnc1/C=C(\O)c1ccccc1.CC(C)(C)n1nnnc1/C=C(\O)c1ccccc1.[Fe]. The summed E-state index contributed by atoms with van der Waals surface area (Å²) >= 11 is 0. The van der Waals surface area contributed by atoms with Gasteiger partial charge in [-0.05, 0) is 93.6 Å². The molecule has 0 fully saturated rings. The predicted octanol–water partition coefficient (Wildman–Crippen LogP) is 7.45. The summed E-state index contributed by atoms with van der Waals surface area (Å²) in [5.41, 5.74) is 1.52. The van der Waals surface area contributed by atoms with Gasteiger partial charge in [0.2, 0.25) is 0 Å². The molecule has 3 N–H and O–H groups in total. The van der Waals surface area contributed by atoms with E-state index in [2.05, 4.69) is 46.6 Å². The van der Waals surface area contributed by atoms with E-state index in [1.54, 1.807) is 32.3 Å². The maximum Gasteiger partial charge on any atom is 0.178 e. The number of nitrogens with zero attached hydrogens (tertiary/aromatic N) is 12. The van der Waals surface area contributed by atoms with Crippen LogP contribution in [-0.2, 0) is 33.7 Å². The molecule has 290 valence electrons. The fourth-order valence-electron chi connectivity index (χ4n) is 4.73. The van der Waals surface area contributed by atoms with E-state index in [0.717, 1.165) is 16.7 Å². The Kier molecular flexibility index (Phi) is 14.9. The van der Waals surface area contributed by atoms with Gasteiger partial charge >= 0.3 is 0 Å². The van der Waals surface area contributed by atoms with Gasteiger partial charge < -0.3 is 15.3 Å². The van der Waals surface area contributed by atoms with Gasteiger partial charge in [-0.15, -0.1) is 15.3 Å². The zero-order valence-electron chi connectivity index (χ0n) is 32.5. The van der Waals surface area contributed by atoms with Crippen molar-refractivity contribution in [2.75, 3.05) is 0 Å². The fraction of sp³-hybridized carbons (Fsp3) is 0.308. The van der Waals surface area contributed by atoms with Crippen LogP contribution in [0.3, 0.4) is 0 Å². The van der Waals surface area contributed by atoms with Crippen LogP contribution in [0.5, 0.6) is 0 Å². The number of rotatable bonds is 6. The summed E-state index contributed by atoms with van der Waals surface area (Å²) in [5.74, 6) is 2.04. The second-order valence-electron chi connectivity index (χ2n) is 15.0. The number of tetrazole rings is 3. The van der Waals surface area contributed by atoms with Crippen molar-refractivity contribution in [1.82, 2.24) is 60.6 Å². The van der Waals surface area contributed by atoms with Gasteiger partial charge in [-0.3, -0.25) is 0 Å². The van der Waals surface area contributed by atoms with Crippen LogP contribution < -0.4 is 0 Å². The van der Waals surface area contributed by atoms with E-state index in [4.69, 9.17) is 0 Å². The second-order valence-corrected chi connectivity index (χ2v) is 15.0. The third kappa shape index (κ3) is 12.5. The smallest absolute Gasteiger partial charge is 0.178 e. The maximum atomic E-state index is 10.0. The minimum Gasteiger partial charge on any atom is -0.507 e. The Morgan fingerprint density at radius 2 is 0.636 bits per heavy atom. The van der Waals surface area contributed by atoms with Crippen LogP contribution in [0, 0.1) is 0 Å². The molecule has 16 heteroatoms. The third-order valence-electron chi connectivity index (χ3n) is 7.39. The number of benzene rings is 3. The van der Waals surface area contributed by atoms with Gasteiger partial charge in [-0.1, -0.05) is 91.0 Å². The first-order chi connectivity index (χ1) is 25.4. The Balaban J connectivity index is 0.000000220. The van der Waals surface area contributed by atoms with Crippen LogP contribution in [0.15, 0.2) is 91.0 Å². The van der Waals surface area contributed by atoms with Gasteiger partial charge in [0.05, 0.1) is 16.6 Å². The first-order valence-corrected chi connectivity index (χ1v) is 17.2. The molecule has 6 aromatic rings. The number of hydrogen-bond acceptors (Lipinski definition) is 12. The number of aromatic nitrogens is 12. The molecule has 3 aromatic carbocycles. The molecule has 0 aliphatic carbocycles. The van der Waals surface area contributed by atoms with Crippen LogP contribution in [0.25, 0.3) is 35.5 Å².